The zero-order chi connectivity index (χ0) is 25.1. The van der Waals surface area contributed by atoms with Crippen LogP contribution in [-0.4, -0.2) is 18.6 Å². The summed E-state index contributed by atoms with van der Waals surface area (Å²) in [6, 6.07) is 10.4. The van der Waals surface area contributed by atoms with Gasteiger partial charge in [0.05, 0.1) is 29.4 Å². The van der Waals surface area contributed by atoms with Gasteiger partial charge in [-0.3, -0.25) is 4.79 Å². The van der Waals surface area contributed by atoms with Gasteiger partial charge >= 0.3 is 12.4 Å². The van der Waals surface area contributed by atoms with Crippen molar-refractivity contribution < 1.29 is 35.9 Å². The zero-order valence-electron chi connectivity index (χ0n) is 18.5. The molecule has 1 amide bonds. The molecule has 1 unspecified atom stereocenters. The van der Waals surface area contributed by atoms with E-state index in [1.165, 1.54) is 6.92 Å². The fourth-order valence-corrected chi connectivity index (χ4v) is 4.34. The van der Waals surface area contributed by atoms with Crippen molar-refractivity contribution in [3.8, 4) is 0 Å². The van der Waals surface area contributed by atoms with E-state index < -0.39 is 41.0 Å². The van der Waals surface area contributed by atoms with E-state index in [1.54, 1.807) is 0 Å². The van der Waals surface area contributed by atoms with Gasteiger partial charge in [-0.15, -0.1) is 0 Å². The molecule has 0 aliphatic carbocycles. The summed E-state index contributed by atoms with van der Waals surface area (Å²) in [5.74, 6) is -0.473. The predicted molar refractivity (Wildman–Crippen MR) is 114 cm³/mol. The zero-order valence-corrected chi connectivity index (χ0v) is 18.5. The number of hydrogen-bond acceptors (Lipinski definition) is 3. The van der Waals surface area contributed by atoms with Crippen LogP contribution in [-0.2, 0) is 27.4 Å². The van der Waals surface area contributed by atoms with Crippen molar-refractivity contribution in [1.29, 1.82) is 0 Å². The van der Waals surface area contributed by atoms with Gasteiger partial charge < -0.3 is 15.8 Å². The second-order valence-electron chi connectivity index (χ2n) is 8.64. The van der Waals surface area contributed by atoms with Gasteiger partial charge in [0.15, 0.2) is 0 Å². The van der Waals surface area contributed by atoms with Crippen LogP contribution in [0.25, 0.3) is 0 Å². The maximum absolute atomic E-state index is 13.2. The van der Waals surface area contributed by atoms with Gasteiger partial charge in [0.25, 0.3) is 0 Å². The lowest BCUT2D eigenvalue weighted by Crippen LogP contribution is -2.55. The maximum Gasteiger partial charge on any atom is 0.416 e. The third kappa shape index (κ3) is 6.29. The summed E-state index contributed by atoms with van der Waals surface area (Å²) in [5.41, 5.74) is 2.42. The van der Waals surface area contributed by atoms with Crippen LogP contribution in [0.1, 0.15) is 61.0 Å². The number of piperidine rings is 1. The van der Waals surface area contributed by atoms with Gasteiger partial charge in [0.1, 0.15) is 0 Å². The minimum atomic E-state index is -4.94. The number of nitrogens with two attached hydrogens (primary N) is 1. The highest BCUT2D eigenvalue weighted by Gasteiger charge is 2.40. The molecule has 1 heterocycles. The van der Waals surface area contributed by atoms with Crippen molar-refractivity contribution >= 4 is 5.91 Å². The Morgan fingerprint density at radius 1 is 1.09 bits per heavy atom. The van der Waals surface area contributed by atoms with Crippen molar-refractivity contribution in [1.82, 2.24) is 5.32 Å². The Bertz CT molecular complexity index is 961. The minimum absolute atomic E-state index is 0.0228. The van der Waals surface area contributed by atoms with E-state index in [0.29, 0.717) is 25.0 Å². The van der Waals surface area contributed by atoms with Crippen LogP contribution in [0.2, 0.25) is 0 Å². The van der Waals surface area contributed by atoms with Crippen molar-refractivity contribution in [3.05, 3.63) is 70.8 Å². The largest absolute Gasteiger partial charge is 0.416 e. The Kier molecular flexibility index (Phi) is 7.62. The van der Waals surface area contributed by atoms with Crippen LogP contribution in [0.15, 0.2) is 48.5 Å². The number of nitrogens with one attached hydrogen (secondary N) is 1. The van der Waals surface area contributed by atoms with E-state index >= 15 is 0 Å². The molecule has 1 aliphatic rings. The highest BCUT2D eigenvalue weighted by atomic mass is 19.4. The number of carbonyl (C=O) groups is 1. The molecule has 4 nitrogen and oxygen atoms in total. The van der Waals surface area contributed by atoms with E-state index in [-0.39, 0.29) is 30.7 Å². The predicted octanol–water partition coefficient (Wildman–Crippen LogP) is 5.71. The molecule has 2 aromatic carbocycles. The number of alkyl halides is 6. The molecule has 0 radical (unpaired) electrons. The topological polar surface area (TPSA) is 64.3 Å². The van der Waals surface area contributed by atoms with Crippen molar-refractivity contribution in [2.75, 3.05) is 6.61 Å². The lowest BCUT2D eigenvalue weighted by atomic mass is 9.80. The Morgan fingerprint density at radius 2 is 1.68 bits per heavy atom. The molecule has 0 spiro atoms. The van der Waals surface area contributed by atoms with Crippen molar-refractivity contribution in [3.63, 3.8) is 0 Å². The number of benzene rings is 2. The number of rotatable bonds is 7. The van der Waals surface area contributed by atoms with Crippen LogP contribution in [0.3, 0.4) is 0 Å². The van der Waals surface area contributed by atoms with Crippen molar-refractivity contribution in [2.24, 2.45) is 5.73 Å². The van der Waals surface area contributed by atoms with E-state index in [4.69, 9.17) is 10.5 Å². The van der Waals surface area contributed by atoms with Gasteiger partial charge in [-0.2, -0.15) is 26.3 Å². The minimum Gasteiger partial charge on any atom is -0.372 e. The second-order valence-corrected chi connectivity index (χ2v) is 8.64. The highest BCUT2D eigenvalue weighted by molar-refractivity contribution is 5.74. The van der Waals surface area contributed by atoms with Gasteiger partial charge in [-0.05, 0) is 55.5 Å². The first kappa shape index (κ1) is 26.0. The van der Waals surface area contributed by atoms with Crippen LogP contribution in [0.5, 0.6) is 0 Å². The molecule has 186 valence electrons. The average Bonchev–Trinajstić information content (AvgIpc) is 2.76. The van der Waals surface area contributed by atoms with Crippen molar-refractivity contribution in [2.45, 2.75) is 62.6 Å². The average molecular weight is 488 g/mol. The molecule has 0 bridgehead atoms. The number of primary amides is 1. The standard InChI is InChI=1S/C24H26F6N2O2/c1-15(16-10-18(23(25,26)27)12-19(11-16)24(28,29)30)34-14-22(17-6-3-2-4-7-17)9-5-8-20(32-22)13-21(31)33/h2-4,6-7,10-12,15,20,32H,5,8-9,13-14H2,1H3,(H2,31,33)/t15-,20?,22-/m1/s1. The number of hydrogen-bond donors (Lipinski definition) is 2. The first-order chi connectivity index (χ1) is 15.8. The third-order valence-corrected chi connectivity index (χ3v) is 6.07. The number of amides is 1. The normalized spacial score (nSPS) is 22.4. The molecular formula is C24H26F6N2O2. The second kappa shape index (κ2) is 9.95. The molecule has 1 saturated heterocycles. The Morgan fingerprint density at radius 3 is 2.21 bits per heavy atom. The van der Waals surface area contributed by atoms with E-state index in [2.05, 4.69) is 5.32 Å². The summed E-state index contributed by atoms with van der Waals surface area (Å²) >= 11 is 0. The fraction of sp³-hybridized carbons (Fsp3) is 0.458. The molecule has 1 fully saturated rings. The molecule has 10 heteroatoms. The van der Waals surface area contributed by atoms with E-state index in [0.717, 1.165) is 12.0 Å². The number of halogens is 6. The Balaban J connectivity index is 1.89. The van der Waals surface area contributed by atoms with Crippen LogP contribution < -0.4 is 11.1 Å². The Labute approximate surface area is 193 Å². The fourth-order valence-electron chi connectivity index (χ4n) is 4.34. The summed E-state index contributed by atoms with van der Waals surface area (Å²) in [7, 11) is 0. The maximum atomic E-state index is 13.2. The Hall–Kier alpha value is -2.59. The van der Waals surface area contributed by atoms with Crippen LogP contribution >= 0.6 is 0 Å². The van der Waals surface area contributed by atoms with E-state index in [1.807, 2.05) is 30.3 Å². The molecule has 3 atom stereocenters. The molecule has 34 heavy (non-hydrogen) atoms. The van der Waals surface area contributed by atoms with Gasteiger partial charge in [0, 0.05) is 12.5 Å². The lowest BCUT2D eigenvalue weighted by Gasteiger charge is -2.43. The van der Waals surface area contributed by atoms with Gasteiger partial charge in [-0.25, -0.2) is 0 Å². The van der Waals surface area contributed by atoms with Crippen LogP contribution in [0.4, 0.5) is 26.3 Å². The lowest BCUT2D eigenvalue weighted by molar-refractivity contribution is -0.143. The van der Waals surface area contributed by atoms with Crippen LogP contribution in [0, 0.1) is 0 Å². The molecule has 0 saturated carbocycles. The molecule has 0 aromatic heterocycles. The smallest absolute Gasteiger partial charge is 0.372 e. The third-order valence-electron chi connectivity index (χ3n) is 6.07. The first-order valence-corrected chi connectivity index (χ1v) is 10.8. The number of carbonyl (C=O) groups excluding carboxylic acids is 1. The number of ether oxygens (including phenoxy) is 1. The van der Waals surface area contributed by atoms with Gasteiger partial charge in [-0.1, -0.05) is 30.3 Å². The molecule has 1 aliphatic heterocycles. The summed E-state index contributed by atoms with van der Waals surface area (Å²) in [4.78, 5) is 11.5. The summed E-state index contributed by atoms with van der Waals surface area (Å²) in [6.45, 7) is 1.39. The quantitative estimate of drug-likeness (QED) is 0.491. The highest BCUT2D eigenvalue weighted by Crippen LogP contribution is 2.39. The summed E-state index contributed by atoms with van der Waals surface area (Å²) in [6.07, 6.45) is -8.78. The summed E-state index contributed by atoms with van der Waals surface area (Å²) < 4.78 is 85.4. The SMILES string of the molecule is C[C@@H](OC[C@@]1(c2ccccc2)CCCC(CC(N)=O)N1)c1cc(C(F)(F)F)cc(C(F)(F)F)c1. The molecule has 2 aromatic rings. The summed E-state index contributed by atoms with van der Waals surface area (Å²) in [5, 5.41) is 3.41. The molecular weight excluding hydrogens is 462 g/mol. The molecule has 3 rings (SSSR count). The first-order valence-electron chi connectivity index (χ1n) is 10.8. The monoisotopic (exact) mass is 488 g/mol. The van der Waals surface area contributed by atoms with E-state index in [9.17, 15) is 31.1 Å². The molecule has 3 N–H and O–H groups in total. The van der Waals surface area contributed by atoms with Gasteiger partial charge in [0.2, 0.25) is 5.91 Å².